The molecule has 0 bridgehead atoms. The molecule has 1 aliphatic heterocycles. The molecular formula is C29H35N3O5. The van der Waals surface area contributed by atoms with Crippen LogP contribution in [0.1, 0.15) is 18.9 Å². The zero-order valence-electron chi connectivity index (χ0n) is 21.5. The van der Waals surface area contributed by atoms with Gasteiger partial charge in [0.1, 0.15) is 11.8 Å². The summed E-state index contributed by atoms with van der Waals surface area (Å²) in [6.07, 6.45) is 4.98. The Balaban J connectivity index is 1.73. The number of methoxy groups -OCH3 is 1. The van der Waals surface area contributed by atoms with Crippen molar-refractivity contribution in [2.75, 3.05) is 26.1 Å². The summed E-state index contributed by atoms with van der Waals surface area (Å²) in [5.41, 5.74) is 1.52. The molecular weight excluding hydrogens is 470 g/mol. The fraction of sp³-hybridized carbons (Fsp3) is 0.414. The number of rotatable bonds is 9. The molecule has 3 amide bonds. The predicted molar refractivity (Wildman–Crippen MR) is 141 cm³/mol. The molecule has 2 aromatic rings. The van der Waals surface area contributed by atoms with E-state index in [1.54, 1.807) is 38.4 Å². The van der Waals surface area contributed by atoms with Crippen LogP contribution in [-0.4, -0.2) is 60.6 Å². The number of ether oxygens (including phenoxy) is 1. The van der Waals surface area contributed by atoms with Gasteiger partial charge in [-0.1, -0.05) is 49.4 Å². The molecule has 2 aliphatic rings. The zero-order chi connectivity index (χ0) is 26.5. The summed E-state index contributed by atoms with van der Waals surface area (Å²) in [4.78, 5) is 42.4. The van der Waals surface area contributed by atoms with Gasteiger partial charge in [0.15, 0.2) is 0 Å². The van der Waals surface area contributed by atoms with Gasteiger partial charge in [-0.3, -0.25) is 14.4 Å². The highest BCUT2D eigenvalue weighted by molar-refractivity contribution is 6.02. The number of carbonyl (C=O) groups excluding carboxylic acids is 3. The normalized spacial score (nSPS) is 25.4. The Morgan fingerprint density at radius 2 is 1.76 bits per heavy atom. The number of hydrogen-bond donors (Lipinski definition) is 3. The van der Waals surface area contributed by atoms with E-state index in [4.69, 9.17) is 4.74 Å². The predicted octanol–water partition coefficient (Wildman–Crippen LogP) is 2.64. The standard InChI is InChI=1S/C29H35N3O5/c1-4-19-10-15-23-25(24(19)27(34)30-2)29(36)32(21(17-33)16-18-8-6-5-7-9-18)26(23)28(35)31-20-11-13-22(37-3)14-12-20/h5-15,19,21,23-26,33H,4,16-17H2,1-3H3,(H,30,34)(H,31,35)/t19-,21-,23+,24-,25+,26+/m1/s1. The molecule has 4 rings (SSSR count). The number of likely N-dealkylation sites (tertiary alicyclic amines) is 1. The van der Waals surface area contributed by atoms with Gasteiger partial charge in [0.05, 0.1) is 31.6 Å². The van der Waals surface area contributed by atoms with Crippen molar-refractivity contribution in [3.8, 4) is 5.75 Å². The molecule has 196 valence electrons. The van der Waals surface area contributed by atoms with Crippen molar-refractivity contribution in [3.63, 3.8) is 0 Å². The van der Waals surface area contributed by atoms with Crippen molar-refractivity contribution in [1.82, 2.24) is 10.2 Å². The van der Waals surface area contributed by atoms with E-state index in [1.165, 1.54) is 4.90 Å². The second kappa shape index (κ2) is 11.6. The lowest BCUT2D eigenvalue weighted by molar-refractivity contribution is -0.142. The molecule has 37 heavy (non-hydrogen) atoms. The highest BCUT2D eigenvalue weighted by atomic mass is 16.5. The number of anilines is 1. The molecule has 3 N–H and O–H groups in total. The van der Waals surface area contributed by atoms with Gasteiger partial charge in [-0.05, 0) is 48.6 Å². The molecule has 1 aliphatic carbocycles. The van der Waals surface area contributed by atoms with Crippen molar-refractivity contribution in [2.24, 2.45) is 23.7 Å². The number of aliphatic hydroxyl groups excluding tert-OH is 1. The van der Waals surface area contributed by atoms with E-state index in [-0.39, 0.29) is 30.2 Å². The number of carbonyl (C=O) groups is 3. The molecule has 8 nitrogen and oxygen atoms in total. The van der Waals surface area contributed by atoms with E-state index < -0.39 is 29.8 Å². The van der Waals surface area contributed by atoms with Crippen LogP contribution in [0.15, 0.2) is 66.7 Å². The number of benzene rings is 2. The zero-order valence-corrected chi connectivity index (χ0v) is 21.5. The lowest BCUT2D eigenvalue weighted by Crippen LogP contribution is -2.51. The molecule has 1 heterocycles. The summed E-state index contributed by atoms with van der Waals surface area (Å²) < 4.78 is 5.20. The van der Waals surface area contributed by atoms with Gasteiger partial charge < -0.3 is 25.4 Å². The third kappa shape index (κ3) is 5.25. The summed E-state index contributed by atoms with van der Waals surface area (Å²) in [6, 6.07) is 15.0. The Morgan fingerprint density at radius 1 is 1.05 bits per heavy atom. The number of amides is 3. The summed E-state index contributed by atoms with van der Waals surface area (Å²) in [6.45, 7) is 1.68. The minimum absolute atomic E-state index is 0.114. The average molecular weight is 506 g/mol. The molecule has 1 saturated heterocycles. The number of allylic oxidation sites excluding steroid dienone is 1. The molecule has 0 aromatic heterocycles. The quantitative estimate of drug-likeness (QED) is 0.454. The summed E-state index contributed by atoms with van der Waals surface area (Å²) in [7, 11) is 3.14. The SMILES string of the molecule is CC[C@@H]1C=C[C@H]2[C@H](C(=O)N([C@@H](CO)Cc3ccccc3)[C@@H]2C(=O)Nc2ccc(OC)cc2)[C@@H]1C(=O)NC. The monoisotopic (exact) mass is 505 g/mol. The first-order valence-electron chi connectivity index (χ1n) is 12.7. The first-order chi connectivity index (χ1) is 17.9. The van der Waals surface area contributed by atoms with Gasteiger partial charge in [-0.2, -0.15) is 0 Å². The Bertz CT molecular complexity index is 1130. The van der Waals surface area contributed by atoms with Gasteiger partial charge in [-0.15, -0.1) is 0 Å². The summed E-state index contributed by atoms with van der Waals surface area (Å²) in [5, 5.41) is 16.1. The Hall–Kier alpha value is -3.65. The third-order valence-corrected chi connectivity index (χ3v) is 7.61. The van der Waals surface area contributed by atoms with E-state index >= 15 is 0 Å². The maximum Gasteiger partial charge on any atom is 0.247 e. The Kier molecular flexibility index (Phi) is 8.28. The van der Waals surface area contributed by atoms with Crippen LogP contribution in [0.5, 0.6) is 5.75 Å². The fourth-order valence-corrected chi connectivity index (χ4v) is 5.78. The molecule has 2 aromatic carbocycles. The van der Waals surface area contributed by atoms with Crippen LogP contribution in [0.4, 0.5) is 5.69 Å². The van der Waals surface area contributed by atoms with E-state index in [2.05, 4.69) is 10.6 Å². The molecule has 0 unspecified atom stereocenters. The number of aliphatic hydroxyl groups is 1. The van der Waals surface area contributed by atoms with Crippen LogP contribution >= 0.6 is 0 Å². The van der Waals surface area contributed by atoms with Crippen molar-refractivity contribution < 1.29 is 24.2 Å². The first-order valence-corrected chi connectivity index (χ1v) is 12.7. The van der Waals surface area contributed by atoms with Gasteiger partial charge in [-0.25, -0.2) is 0 Å². The van der Waals surface area contributed by atoms with E-state index in [9.17, 15) is 19.5 Å². The smallest absolute Gasteiger partial charge is 0.247 e. The minimum Gasteiger partial charge on any atom is -0.497 e. The third-order valence-electron chi connectivity index (χ3n) is 7.61. The number of nitrogens with zero attached hydrogens (tertiary/aromatic N) is 1. The van der Waals surface area contributed by atoms with Crippen LogP contribution in [0, 0.1) is 23.7 Å². The molecule has 1 fully saturated rings. The molecule has 0 radical (unpaired) electrons. The Labute approximate surface area is 217 Å². The molecule has 0 saturated carbocycles. The number of hydrogen-bond acceptors (Lipinski definition) is 5. The molecule has 6 atom stereocenters. The van der Waals surface area contributed by atoms with E-state index in [1.807, 2.05) is 49.4 Å². The van der Waals surface area contributed by atoms with Gasteiger partial charge in [0.25, 0.3) is 0 Å². The summed E-state index contributed by atoms with van der Waals surface area (Å²) in [5.74, 6) is -2.06. The molecule has 8 heteroatoms. The van der Waals surface area contributed by atoms with Crippen LogP contribution in [-0.2, 0) is 20.8 Å². The van der Waals surface area contributed by atoms with E-state index in [0.717, 1.165) is 5.56 Å². The maximum atomic E-state index is 14.1. The van der Waals surface area contributed by atoms with Crippen LogP contribution in [0.2, 0.25) is 0 Å². The number of nitrogens with one attached hydrogen (secondary N) is 2. The van der Waals surface area contributed by atoms with Crippen molar-refractivity contribution in [1.29, 1.82) is 0 Å². The Morgan fingerprint density at radius 3 is 2.35 bits per heavy atom. The van der Waals surface area contributed by atoms with Crippen molar-refractivity contribution in [3.05, 3.63) is 72.3 Å². The second-order valence-electron chi connectivity index (χ2n) is 9.63. The first kappa shape index (κ1) is 26.4. The lowest BCUT2D eigenvalue weighted by atomic mass is 9.69. The lowest BCUT2D eigenvalue weighted by Gasteiger charge is -2.34. The van der Waals surface area contributed by atoms with Crippen molar-refractivity contribution in [2.45, 2.75) is 31.8 Å². The van der Waals surface area contributed by atoms with Crippen molar-refractivity contribution >= 4 is 23.4 Å². The van der Waals surface area contributed by atoms with Gasteiger partial charge in [0, 0.05) is 18.7 Å². The topological polar surface area (TPSA) is 108 Å². The second-order valence-corrected chi connectivity index (χ2v) is 9.63. The average Bonchev–Trinajstić information content (AvgIpc) is 3.23. The highest BCUT2D eigenvalue weighted by Crippen LogP contribution is 2.46. The van der Waals surface area contributed by atoms with Gasteiger partial charge >= 0.3 is 0 Å². The maximum absolute atomic E-state index is 14.1. The van der Waals surface area contributed by atoms with Crippen LogP contribution in [0.25, 0.3) is 0 Å². The van der Waals surface area contributed by atoms with Gasteiger partial charge in [0.2, 0.25) is 17.7 Å². The van der Waals surface area contributed by atoms with Crippen LogP contribution < -0.4 is 15.4 Å². The number of fused-ring (bicyclic) bond motifs is 1. The summed E-state index contributed by atoms with van der Waals surface area (Å²) >= 11 is 0. The van der Waals surface area contributed by atoms with E-state index in [0.29, 0.717) is 24.3 Å². The highest BCUT2D eigenvalue weighted by Gasteiger charge is 2.58. The molecule has 0 spiro atoms. The van der Waals surface area contributed by atoms with Crippen LogP contribution in [0.3, 0.4) is 0 Å². The largest absolute Gasteiger partial charge is 0.497 e. The minimum atomic E-state index is -0.873. The fourth-order valence-electron chi connectivity index (χ4n) is 5.78.